The van der Waals surface area contributed by atoms with Crippen LogP contribution in [0.5, 0.6) is 23.0 Å². The van der Waals surface area contributed by atoms with Gasteiger partial charge in [0.15, 0.2) is 5.60 Å². The number of rotatable bonds is 28. The Bertz CT molecular complexity index is 2570. The van der Waals surface area contributed by atoms with E-state index in [9.17, 15) is 34.2 Å². The Labute approximate surface area is 404 Å². The van der Waals surface area contributed by atoms with E-state index in [-0.39, 0.29) is 78.7 Å². The molecule has 19 heteroatoms. The number of ether oxygens (including phenoxy) is 5. The minimum atomic E-state index is -1.42. The summed E-state index contributed by atoms with van der Waals surface area (Å²) in [5.74, 6) is -1.86. The number of aliphatic carboxylic acids is 1. The summed E-state index contributed by atoms with van der Waals surface area (Å²) >= 11 is 0. The Kier molecular flexibility index (Phi) is 17.9. The third-order valence-electron chi connectivity index (χ3n) is 11.8. The van der Waals surface area contributed by atoms with Gasteiger partial charge in [0.1, 0.15) is 23.0 Å². The highest BCUT2D eigenvalue weighted by atomic mass is 16.6. The van der Waals surface area contributed by atoms with Crippen molar-refractivity contribution in [3.8, 4) is 23.0 Å². The number of carboxylic acids is 1. The largest absolute Gasteiger partial charge is 0.508 e. The van der Waals surface area contributed by atoms with E-state index < -0.39 is 23.4 Å². The first-order chi connectivity index (χ1) is 34.0. The van der Waals surface area contributed by atoms with E-state index in [0.717, 1.165) is 57.2 Å². The van der Waals surface area contributed by atoms with Gasteiger partial charge in [-0.2, -0.15) is 0 Å². The lowest BCUT2D eigenvalue weighted by Crippen LogP contribution is -2.33. The predicted octanol–water partition coefficient (Wildman–Crippen LogP) is 5.64. The molecule has 0 aliphatic carbocycles. The van der Waals surface area contributed by atoms with E-state index in [1.54, 1.807) is 48.5 Å². The molecule has 19 nitrogen and oxygen atoms in total. The SMILES string of the molecule is O=C(O)CCCCCn1cc(CCCCCCNC(=O)c2ccc(C(=O)NCCOCCOCCOCCNC(=O)c3ccc4c(c3)C(=O)OC43c4ccc(O)cc4Oc4cc(O)ccc43)cc2)nn1. The van der Waals surface area contributed by atoms with Gasteiger partial charge in [0.05, 0.1) is 50.9 Å². The van der Waals surface area contributed by atoms with Crippen molar-refractivity contribution in [2.45, 2.75) is 69.9 Å². The van der Waals surface area contributed by atoms with Crippen LogP contribution < -0.4 is 20.7 Å². The fourth-order valence-electron chi connectivity index (χ4n) is 8.22. The molecule has 0 saturated heterocycles. The summed E-state index contributed by atoms with van der Waals surface area (Å²) in [4.78, 5) is 62.2. The van der Waals surface area contributed by atoms with Crippen LogP contribution in [0.4, 0.5) is 0 Å². The topological polar surface area (TPSA) is 259 Å². The Balaban J connectivity index is 0.691. The Morgan fingerprint density at radius 2 is 1.13 bits per heavy atom. The van der Waals surface area contributed by atoms with Gasteiger partial charge in [0, 0.05) is 84.3 Å². The molecule has 3 heterocycles. The fourth-order valence-corrected chi connectivity index (χ4v) is 8.22. The highest BCUT2D eigenvalue weighted by Crippen LogP contribution is 2.57. The van der Waals surface area contributed by atoms with E-state index >= 15 is 0 Å². The predicted molar refractivity (Wildman–Crippen MR) is 252 cm³/mol. The lowest BCUT2D eigenvalue weighted by Gasteiger charge is -2.36. The van der Waals surface area contributed by atoms with E-state index in [1.165, 1.54) is 30.3 Å². The zero-order valence-electron chi connectivity index (χ0n) is 38.8. The van der Waals surface area contributed by atoms with Gasteiger partial charge in [0.25, 0.3) is 17.7 Å². The van der Waals surface area contributed by atoms with Crippen molar-refractivity contribution in [3.05, 3.63) is 130 Å². The molecule has 3 amide bonds. The summed E-state index contributed by atoms with van der Waals surface area (Å²) in [6.07, 6.45) is 9.16. The number of nitrogens with zero attached hydrogens (tertiary/aromatic N) is 3. The number of carboxylic acid groups (broad SMARTS) is 1. The number of aromatic hydroxyl groups is 2. The summed E-state index contributed by atoms with van der Waals surface area (Å²) in [5, 5.41) is 45.9. The number of amides is 3. The van der Waals surface area contributed by atoms with Crippen molar-refractivity contribution in [2.75, 3.05) is 59.3 Å². The van der Waals surface area contributed by atoms with Gasteiger partial charge in [-0.3, -0.25) is 23.9 Å². The summed E-state index contributed by atoms with van der Waals surface area (Å²) < 4.78 is 30.5. The Morgan fingerprint density at radius 3 is 1.74 bits per heavy atom. The normalized spacial score (nSPS) is 12.9. The number of phenols is 2. The first-order valence-corrected chi connectivity index (χ1v) is 23.5. The van der Waals surface area contributed by atoms with E-state index in [2.05, 4.69) is 26.3 Å². The number of benzene rings is 4. The number of fused-ring (bicyclic) bond motifs is 6. The van der Waals surface area contributed by atoms with Crippen LogP contribution in [-0.2, 0) is 42.3 Å². The van der Waals surface area contributed by atoms with Gasteiger partial charge in [0.2, 0.25) is 0 Å². The average molecular weight is 963 g/mol. The van der Waals surface area contributed by atoms with Crippen molar-refractivity contribution in [3.63, 3.8) is 0 Å². The number of phenolic OH excluding ortho intramolecular Hbond substituents is 2. The number of carbonyl (C=O) groups is 5. The first-order valence-electron chi connectivity index (χ1n) is 23.5. The molecule has 7 rings (SSSR count). The van der Waals surface area contributed by atoms with E-state index in [0.29, 0.717) is 67.1 Å². The summed E-state index contributed by atoms with van der Waals surface area (Å²) in [6, 6.07) is 20.2. The number of unbranched alkanes of at least 4 members (excludes halogenated alkanes) is 5. The molecule has 0 fully saturated rings. The minimum absolute atomic E-state index is 0.0491. The molecule has 2 aliphatic heterocycles. The summed E-state index contributed by atoms with van der Waals surface area (Å²) in [6.45, 7) is 3.53. The number of nitrogens with one attached hydrogen (secondary N) is 3. The molecule has 370 valence electrons. The second-order valence-electron chi connectivity index (χ2n) is 16.8. The molecule has 0 radical (unpaired) electrons. The van der Waals surface area contributed by atoms with Gasteiger partial charge in [-0.05, 0) is 92.8 Å². The zero-order chi connectivity index (χ0) is 49.3. The quantitative estimate of drug-likeness (QED) is 0.0262. The molecular weight excluding hydrogens is 905 g/mol. The molecular formula is C51H58N6O13. The third kappa shape index (κ3) is 13.2. The summed E-state index contributed by atoms with van der Waals surface area (Å²) in [7, 11) is 0. The molecule has 0 atom stereocenters. The molecule has 6 N–H and O–H groups in total. The van der Waals surface area contributed by atoms with Crippen LogP contribution in [0, 0.1) is 0 Å². The standard InChI is InChI=1S/C51H58N6O13/c58-38-15-18-42-44(31-38)69-45-32-39(59)16-19-43(45)51(42)41-17-14-36(30-40(41)50(65)70-51)49(64)54-22-25-67-27-29-68-28-26-66-24-21-53-48(63)35-12-10-34(11-13-35)47(62)52-20-6-2-1-4-8-37-33-57(56-55-37)23-7-3-5-9-46(60)61/h10-19,30-33,58-59H,1-9,20-29H2,(H,52,62)(H,53,63)(H,54,64)(H,60,61). The van der Waals surface area contributed by atoms with Crippen LogP contribution >= 0.6 is 0 Å². The number of carbonyl (C=O) groups excluding carboxylic acids is 4. The monoisotopic (exact) mass is 962 g/mol. The molecule has 1 spiro atoms. The van der Waals surface area contributed by atoms with Crippen molar-refractivity contribution in [2.24, 2.45) is 0 Å². The summed E-state index contributed by atoms with van der Waals surface area (Å²) in [5.41, 5.74) is 2.35. The van der Waals surface area contributed by atoms with Crippen LogP contribution in [-0.4, -0.2) is 119 Å². The minimum Gasteiger partial charge on any atom is -0.508 e. The second kappa shape index (κ2) is 24.8. The van der Waals surface area contributed by atoms with Crippen LogP contribution in [0.1, 0.15) is 115 Å². The molecule has 5 aromatic rings. The maximum atomic E-state index is 13.4. The van der Waals surface area contributed by atoms with Crippen molar-refractivity contribution in [1.29, 1.82) is 0 Å². The maximum Gasteiger partial charge on any atom is 0.340 e. The third-order valence-corrected chi connectivity index (χ3v) is 11.8. The van der Waals surface area contributed by atoms with Gasteiger partial charge in [-0.25, -0.2) is 4.79 Å². The van der Waals surface area contributed by atoms with Crippen LogP contribution in [0.25, 0.3) is 0 Å². The van der Waals surface area contributed by atoms with Crippen molar-refractivity contribution >= 4 is 29.7 Å². The number of esters is 1. The van der Waals surface area contributed by atoms with Gasteiger partial charge in [-0.1, -0.05) is 30.5 Å². The maximum absolute atomic E-state index is 13.4. The van der Waals surface area contributed by atoms with Crippen LogP contribution in [0.3, 0.4) is 0 Å². The smallest absolute Gasteiger partial charge is 0.340 e. The fraction of sp³-hybridized carbons (Fsp3) is 0.392. The lowest BCUT2D eigenvalue weighted by atomic mass is 9.77. The second-order valence-corrected chi connectivity index (χ2v) is 16.8. The highest BCUT2D eigenvalue weighted by molar-refractivity contribution is 6.02. The number of hydrogen-bond donors (Lipinski definition) is 6. The molecule has 0 saturated carbocycles. The molecule has 1 aromatic heterocycles. The molecule has 2 aliphatic rings. The Hall–Kier alpha value is -7.35. The van der Waals surface area contributed by atoms with Crippen LogP contribution in [0.15, 0.2) is 85.1 Å². The van der Waals surface area contributed by atoms with E-state index in [1.807, 2.05) is 10.9 Å². The lowest BCUT2D eigenvalue weighted by molar-refractivity contribution is -0.137. The number of aromatic nitrogens is 3. The average Bonchev–Trinajstić information content (AvgIpc) is 3.93. The number of aryl methyl sites for hydroxylation is 2. The first kappa shape index (κ1) is 50.5. The number of hydrogen-bond acceptors (Lipinski definition) is 14. The highest BCUT2D eigenvalue weighted by Gasteiger charge is 2.53. The zero-order valence-corrected chi connectivity index (χ0v) is 38.8. The van der Waals surface area contributed by atoms with Gasteiger partial charge < -0.3 is 55.0 Å². The molecule has 4 aromatic carbocycles. The molecule has 70 heavy (non-hydrogen) atoms. The van der Waals surface area contributed by atoms with Crippen molar-refractivity contribution < 1.29 is 63.0 Å². The van der Waals surface area contributed by atoms with Crippen molar-refractivity contribution in [1.82, 2.24) is 30.9 Å². The van der Waals surface area contributed by atoms with Gasteiger partial charge >= 0.3 is 11.9 Å². The van der Waals surface area contributed by atoms with Crippen LogP contribution in [0.2, 0.25) is 0 Å². The van der Waals surface area contributed by atoms with E-state index in [4.69, 9.17) is 28.8 Å². The van der Waals surface area contributed by atoms with Gasteiger partial charge in [-0.15, -0.1) is 5.10 Å². The molecule has 0 bridgehead atoms. The molecule has 0 unspecified atom stereocenters. The Morgan fingerprint density at radius 1 is 0.600 bits per heavy atom.